The number of rotatable bonds is 2. The van der Waals surface area contributed by atoms with Gasteiger partial charge in [-0.2, -0.15) is 0 Å². The van der Waals surface area contributed by atoms with Crippen molar-refractivity contribution in [2.75, 3.05) is 11.1 Å². The van der Waals surface area contributed by atoms with E-state index in [1.54, 1.807) is 0 Å². The normalized spacial score (nSPS) is 10.6. The van der Waals surface area contributed by atoms with Crippen LogP contribution in [0, 0.1) is 6.92 Å². The number of anilines is 3. The second kappa shape index (κ2) is 4.65. The molecule has 94 valence electrons. The van der Waals surface area contributed by atoms with Gasteiger partial charge in [0.1, 0.15) is 0 Å². The van der Waals surface area contributed by atoms with Gasteiger partial charge in [-0.05, 0) is 36.6 Å². The van der Waals surface area contributed by atoms with Crippen molar-refractivity contribution in [2.24, 2.45) is 0 Å². The summed E-state index contributed by atoms with van der Waals surface area (Å²) in [6.07, 6.45) is 0. The molecule has 0 spiro atoms. The Labute approximate surface area is 112 Å². The van der Waals surface area contributed by atoms with Crippen molar-refractivity contribution in [3.63, 3.8) is 0 Å². The Morgan fingerprint density at radius 2 is 1.53 bits per heavy atom. The van der Waals surface area contributed by atoms with Crippen LogP contribution >= 0.6 is 0 Å². The topological polar surface area (TPSA) is 38.0 Å². The number of nitrogens with one attached hydrogen (secondary N) is 1. The lowest BCUT2D eigenvalue weighted by molar-refractivity contribution is 1.46. The van der Waals surface area contributed by atoms with Crippen molar-refractivity contribution in [2.45, 2.75) is 6.92 Å². The Morgan fingerprint density at radius 1 is 0.842 bits per heavy atom. The Balaban J connectivity index is 2.08. The second-order valence-corrected chi connectivity index (χ2v) is 4.74. The van der Waals surface area contributed by atoms with Crippen LogP contribution in [0.15, 0.2) is 60.7 Å². The summed E-state index contributed by atoms with van der Waals surface area (Å²) >= 11 is 0. The zero-order valence-corrected chi connectivity index (χ0v) is 10.9. The molecule has 3 aromatic carbocycles. The van der Waals surface area contributed by atoms with Gasteiger partial charge >= 0.3 is 0 Å². The zero-order chi connectivity index (χ0) is 13.2. The Hall–Kier alpha value is -2.48. The minimum absolute atomic E-state index is 0.799. The van der Waals surface area contributed by atoms with E-state index in [2.05, 4.69) is 54.7 Å². The van der Waals surface area contributed by atoms with Gasteiger partial charge in [0.2, 0.25) is 0 Å². The lowest BCUT2D eigenvalue weighted by Gasteiger charge is -2.11. The molecule has 0 aliphatic heterocycles. The minimum Gasteiger partial charge on any atom is -0.398 e. The summed E-state index contributed by atoms with van der Waals surface area (Å²) < 4.78 is 0. The van der Waals surface area contributed by atoms with E-state index >= 15 is 0 Å². The highest BCUT2D eigenvalue weighted by molar-refractivity contribution is 6.03. The molecular formula is C17H16N2. The summed E-state index contributed by atoms with van der Waals surface area (Å²) in [4.78, 5) is 0. The fourth-order valence-electron chi connectivity index (χ4n) is 2.27. The highest BCUT2D eigenvalue weighted by atomic mass is 14.9. The van der Waals surface area contributed by atoms with Crippen LogP contribution in [0.4, 0.5) is 17.1 Å². The molecule has 0 heterocycles. The maximum atomic E-state index is 6.09. The van der Waals surface area contributed by atoms with E-state index in [0.29, 0.717) is 0 Å². The Bertz CT molecular complexity index is 710. The average Bonchev–Trinajstić information content (AvgIpc) is 2.42. The molecule has 0 saturated heterocycles. The van der Waals surface area contributed by atoms with Gasteiger partial charge in [-0.15, -0.1) is 0 Å². The van der Waals surface area contributed by atoms with Crippen molar-refractivity contribution < 1.29 is 0 Å². The van der Waals surface area contributed by atoms with Crippen molar-refractivity contribution >= 4 is 27.8 Å². The average molecular weight is 248 g/mol. The first-order chi connectivity index (χ1) is 9.24. The number of hydrogen-bond donors (Lipinski definition) is 2. The van der Waals surface area contributed by atoms with E-state index < -0.39 is 0 Å². The van der Waals surface area contributed by atoms with E-state index in [0.717, 1.165) is 27.8 Å². The van der Waals surface area contributed by atoms with Crippen molar-refractivity contribution in [3.05, 3.63) is 66.2 Å². The molecule has 0 atom stereocenters. The Kier molecular flexibility index (Phi) is 2.84. The number of fused-ring (bicyclic) bond motifs is 1. The molecule has 0 bridgehead atoms. The van der Waals surface area contributed by atoms with Crippen LogP contribution in [0.2, 0.25) is 0 Å². The molecule has 19 heavy (non-hydrogen) atoms. The van der Waals surface area contributed by atoms with Gasteiger partial charge < -0.3 is 11.1 Å². The van der Waals surface area contributed by atoms with Crippen LogP contribution in [0.3, 0.4) is 0 Å². The van der Waals surface area contributed by atoms with Crippen molar-refractivity contribution in [1.29, 1.82) is 0 Å². The van der Waals surface area contributed by atoms with Crippen molar-refractivity contribution in [3.8, 4) is 0 Å². The van der Waals surface area contributed by atoms with E-state index in [-0.39, 0.29) is 0 Å². The molecule has 0 radical (unpaired) electrons. The maximum Gasteiger partial charge on any atom is 0.0484 e. The van der Waals surface area contributed by atoms with Gasteiger partial charge in [0.25, 0.3) is 0 Å². The van der Waals surface area contributed by atoms with Crippen LogP contribution in [0.25, 0.3) is 10.8 Å². The first kappa shape index (κ1) is 11.6. The maximum absolute atomic E-state index is 6.09. The predicted molar refractivity (Wildman–Crippen MR) is 82.8 cm³/mol. The number of nitrogens with two attached hydrogens (primary N) is 1. The fraction of sp³-hybridized carbons (Fsp3) is 0.0588. The number of hydrogen-bond acceptors (Lipinski definition) is 2. The largest absolute Gasteiger partial charge is 0.398 e. The lowest BCUT2D eigenvalue weighted by atomic mass is 10.1. The van der Waals surface area contributed by atoms with Crippen LogP contribution in [-0.4, -0.2) is 0 Å². The van der Waals surface area contributed by atoms with Crippen LogP contribution < -0.4 is 11.1 Å². The fourth-order valence-corrected chi connectivity index (χ4v) is 2.27. The van der Waals surface area contributed by atoms with Gasteiger partial charge in [-0.3, -0.25) is 0 Å². The smallest absolute Gasteiger partial charge is 0.0484 e. The molecule has 3 rings (SSSR count). The molecule has 0 aliphatic rings. The molecule has 3 aromatic rings. The molecule has 0 aliphatic carbocycles. The minimum atomic E-state index is 0.799. The quantitative estimate of drug-likeness (QED) is 0.656. The lowest BCUT2D eigenvalue weighted by Crippen LogP contribution is -1.94. The van der Waals surface area contributed by atoms with Gasteiger partial charge in [0.05, 0.1) is 0 Å². The SMILES string of the molecule is Cc1ccc(Nc2cccc3cccc(N)c23)cc1. The third-order valence-corrected chi connectivity index (χ3v) is 3.27. The predicted octanol–water partition coefficient (Wildman–Crippen LogP) is 4.47. The molecule has 2 nitrogen and oxygen atoms in total. The molecule has 0 amide bonds. The molecule has 0 aromatic heterocycles. The molecule has 0 saturated carbocycles. The third-order valence-electron chi connectivity index (χ3n) is 3.27. The first-order valence-electron chi connectivity index (χ1n) is 6.35. The number of nitrogen functional groups attached to an aromatic ring is 1. The molecule has 3 N–H and O–H groups in total. The van der Waals surface area contributed by atoms with E-state index in [4.69, 9.17) is 5.73 Å². The summed E-state index contributed by atoms with van der Waals surface area (Å²) in [7, 11) is 0. The van der Waals surface area contributed by atoms with Gasteiger partial charge in [0, 0.05) is 22.4 Å². The summed E-state index contributed by atoms with van der Waals surface area (Å²) in [6, 6.07) is 20.5. The first-order valence-corrected chi connectivity index (χ1v) is 6.35. The monoisotopic (exact) mass is 248 g/mol. The van der Waals surface area contributed by atoms with Gasteiger partial charge in [-0.1, -0.05) is 42.0 Å². The molecule has 0 fully saturated rings. The summed E-state index contributed by atoms with van der Waals surface area (Å²) in [5, 5.41) is 5.66. The van der Waals surface area contributed by atoms with Crippen LogP contribution in [-0.2, 0) is 0 Å². The molecule has 0 unspecified atom stereocenters. The summed E-state index contributed by atoms with van der Waals surface area (Å²) in [6.45, 7) is 2.08. The van der Waals surface area contributed by atoms with Crippen LogP contribution in [0.5, 0.6) is 0 Å². The van der Waals surface area contributed by atoms with E-state index in [1.165, 1.54) is 5.56 Å². The highest BCUT2D eigenvalue weighted by Gasteiger charge is 2.04. The standard InChI is InChI=1S/C17H16N2/c1-12-8-10-14(11-9-12)19-16-7-3-5-13-4-2-6-15(18)17(13)16/h2-11,19H,18H2,1H3. The number of benzene rings is 3. The van der Waals surface area contributed by atoms with Gasteiger partial charge in [-0.25, -0.2) is 0 Å². The van der Waals surface area contributed by atoms with Gasteiger partial charge in [0.15, 0.2) is 0 Å². The number of aryl methyl sites for hydroxylation is 1. The van der Waals surface area contributed by atoms with E-state index in [1.807, 2.05) is 18.2 Å². The van der Waals surface area contributed by atoms with E-state index in [9.17, 15) is 0 Å². The second-order valence-electron chi connectivity index (χ2n) is 4.74. The summed E-state index contributed by atoms with van der Waals surface area (Å²) in [5.74, 6) is 0. The molecule has 2 heteroatoms. The zero-order valence-electron chi connectivity index (χ0n) is 10.9. The van der Waals surface area contributed by atoms with Crippen molar-refractivity contribution in [1.82, 2.24) is 0 Å². The molecular weight excluding hydrogens is 232 g/mol. The highest BCUT2D eigenvalue weighted by Crippen LogP contribution is 2.30. The summed E-state index contributed by atoms with van der Waals surface area (Å²) in [5.41, 5.74) is 10.3. The Morgan fingerprint density at radius 3 is 2.26 bits per heavy atom. The van der Waals surface area contributed by atoms with Crippen LogP contribution in [0.1, 0.15) is 5.56 Å². The third kappa shape index (κ3) is 2.25.